The van der Waals surface area contributed by atoms with Gasteiger partial charge < -0.3 is 14.7 Å². The van der Waals surface area contributed by atoms with Crippen molar-refractivity contribution < 1.29 is 19.4 Å². The zero-order chi connectivity index (χ0) is 12.8. The second-order valence-electron chi connectivity index (χ2n) is 4.47. The maximum Gasteiger partial charge on any atom is 0.323 e. The van der Waals surface area contributed by atoms with Crippen molar-refractivity contribution in [3.8, 4) is 0 Å². The first-order valence-corrected chi connectivity index (χ1v) is 6.20. The Morgan fingerprint density at radius 2 is 2.18 bits per heavy atom. The van der Waals surface area contributed by atoms with Crippen molar-refractivity contribution in [2.24, 2.45) is 0 Å². The summed E-state index contributed by atoms with van der Waals surface area (Å²) in [4.78, 5) is 24.4. The van der Waals surface area contributed by atoms with Crippen LogP contribution in [0.25, 0.3) is 0 Å². The van der Waals surface area contributed by atoms with Gasteiger partial charge >= 0.3 is 5.97 Å². The molecule has 0 bridgehead atoms. The molecule has 0 saturated carbocycles. The number of carbonyl (C=O) groups is 2. The van der Waals surface area contributed by atoms with Crippen LogP contribution in [0.4, 0.5) is 0 Å². The predicted molar refractivity (Wildman–Crippen MR) is 62.7 cm³/mol. The average Bonchev–Trinajstić information content (AvgIpc) is 2.35. The SMILES string of the molecule is CCC(C)N(CC(=O)O)C(=O)C1CCCCO1. The van der Waals surface area contributed by atoms with E-state index in [1.54, 1.807) is 0 Å². The van der Waals surface area contributed by atoms with Gasteiger partial charge in [0.1, 0.15) is 12.6 Å². The number of carboxylic acid groups (broad SMARTS) is 1. The number of hydrogen-bond acceptors (Lipinski definition) is 3. The number of carbonyl (C=O) groups excluding carboxylic acids is 1. The van der Waals surface area contributed by atoms with Gasteiger partial charge in [0.15, 0.2) is 0 Å². The van der Waals surface area contributed by atoms with Crippen LogP contribution in [0.3, 0.4) is 0 Å². The van der Waals surface area contributed by atoms with Crippen molar-refractivity contribution in [1.82, 2.24) is 4.90 Å². The first-order valence-electron chi connectivity index (χ1n) is 6.20. The van der Waals surface area contributed by atoms with E-state index in [1.807, 2.05) is 13.8 Å². The number of hydrogen-bond donors (Lipinski definition) is 1. The summed E-state index contributed by atoms with van der Waals surface area (Å²) >= 11 is 0. The van der Waals surface area contributed by atoms with Crippen molar-refractivity contribution in [1.29, 1.82) is 0 Å². The van der Waals surface area contributed by atoms with Crippen LogP contribution in [0.15, 0.2) is 0 Å². The lowest BCUT2D eigenvalue weighted by Gasteiger charge is -2.32. The summed E-state index contributed by atoms with van der Waals surface area (Å²) in [6.45, 7) is 4.16. The van der Waals surface area contributed by atoms with Gasteiger partial charge in [-0.25, -0.2) is 0 Å². The highest BCUT2D eigenvalue weighted by molar-refractivity contribution is 5.85. The van der Waals surface area contributed by atoms with E-state index in [4.69, 9.17) is 9.84 Å². The fraction of sp³-hybridized carbons (Fsp3) is 0.833. The van der Waals surface area contributed by atoms with E-state index < -0.39 is 12.1 Å². The van der Waals surface area contributed by atoms with Crippen LogP contribution < -0.4 is 0 Å². The van der Waals surface area contributed by atoms with E-state index in [0.717, 1.165) is 19.3 Å². The lowest BCUT2D eigenvalue weighted by molar-refractivity contribution is -0.154. The fourth-order valence-corrected chi connectivity index (χ4v) is 1.94. The molecule has 0 aromatic carbocycles. The lowest BCUT2D eigenvalue weighted by Crippen LogP contribution is -2.48. The van der Waals surface area contributed by atoms with Gasteiger partial charge in [-0.3, -0.25) is 9.59 Å². The summed E-state index contributed by atoms with van der Waals surface area (Å²) in [5.74, 6) is -1.16. The molecule has 1 heterocycles. The van der Waals surface area contributed by atoms with Crippen molar-refractivity contribution in [2.45, 2.75) is 51.7 Å². The molecule has 0 spiro atoms. The first kappa shape index (κ1) is 14.0. The van der Waals surface area contributed by atoms with E-state index in [0.29, 0.717) is 13.0 Å². The number of nitrogens with zero attached hydrogens (tertiary/aromatic N) is 1. The third-order valence-corrected chi connectivity index (χ3v) is 3.17. The number of ether oxygens (including phenoxy) is 1. The van der Waals surface area contributed by atoms with E-state index in [-0.39, 0.29) is 18.5 Å². The van der Waals surface area contributed by atoms with Crippen LogP contribution in [0, 0.1) is 0 Å². The van der Waals surface area contributed by atoms with Gasteiger partial charge in [0, 0.05) is 12.6 Å². The Hall–Kier alpha value is -1.10. The molecule has 0 radical (unpaired) electrons. The Bertz CT molecular complexity index is 274. The van der Waals surface area contributed by atoms with Gasteiger partial charge in [-0.15, -0.1) is 0 Å². The Balaban J connectivity index is 2.66. The van der Waals surface area contributed by atoms with Crippen LogP contribution in [0.1, 0.15) is 39.5 Å². The molecule has 1 N–H and O–H groups in total. The van der Waals surface area contributed by atoms with Crippen molar-refractivity contribution in [3.05, 3.63) is 0 Å². The van der Waals surface area contributed by atoms with E-state index in [2.05, 4.69) is 0 Å². The largest absolute Gasteiger partial charge is 0.480 e. The van der Waals surface area contributed by atoms with Crippen LogP contribution in [-0.2, 0) is 14.3 Å². The van der Waals surface area contributed by atoms with Crippen LogP contribution in [0.2, 0.25) is 0 Å². The third-order valence-electron chi connectivity index (χ3n) is 3.17. The molecule has 1 fully saturated rings. The maximum atomic E-state index is 12.2. The molecule has 17 heavy (non-hydrogen) atoms. The molecule has 1 aliphatic heterocycles. The second-order valence-corrected chi connectivity index (χ2v) is 4.47. The van der Waals surface area contributed by atoms with E-state index >= 15 is 0 Å². The van der Waals surface area contributed by atoms with Gasteiger partial charge in [-0.05, 0) is 32.6 Å². The van der Waals surface area contributed by atoms with Crippen molar-refractivity contribution in [3.63, 3.8) is 0 Å². The second kappa shape index (κ2) is 6.59. The molecular formula is C12H21NO4. The molecule has 5 nitrogen and oxygen atoms in total. The van der Waals surface area contributed by atoms with Gasteiger partial charge in [-0.2, -0.15) is 0 Å². The Morgan fingerprint density at radius 3 is 2.65 bits per heavy atom. The molecule has 2 unspecified atom stereocenters. The Labute approximate surface area is 102 Å². The summed E-state index contributed by atoms with van der Waals surface area (Å²) in [6, 6.07) is -0.0656. The molecule has 1 aliphatic rings. The lowest BCUT2D eigenvalue weighted by atomic mass is 10.1. The van der Waals surface area contributed by atoms with Crippen LogP contribution >= 0.6 is 0 Å². The Kier molecular flexibility index (Phi) is 5.41. The minimum Gasteiger partial charge on any atom is -0.480 e. The molecule has 98 valence electrons. The molecular weight excluding hydrogens is 222 g/mol. The smallest absolute Gasteiger partial charge is 0.323 e. The number of carboxylic acids is 1. The third kappa shape index (κ3) is 4.00. The number of rotatable bonds is 5. The molecule has 1 saturated heterocycles. The number of amides is 1. The topological polar surface area (TPSA) is 66.8 Å². The zero-order valence-electron chi connectivity index (χ0n) is 10.5. The summed E-state index contributed by atoms with van der Waals surface area (Å²) in [7, 11) is 0. The summed E-state index contributed by atoms with van der Waals surface area (Å²) in [6.07, 6.45) is 2.94. The summed E-state index contributed by atoms with van der Waals surface area (Å²) < 4.78 is 5.41. The standard InChI is InChI=1S/C12H21NO4/c1-3-9(2)13(8-11(14)15)12(16)10-6-4-5-7-17-10/h9-10H,3-8H2,1-2H3,(H,14,15). The highest BCUT2D eigenvalue weighted by Gasteiger charge is 2.30. The molecule has 5 heteroatoms. The van der Waals surface area contributed by atoms with Gasteiger partial charge in [0.25, 0.3) is 5.91 Å². The zero-order valence-corrected chi connectivity index (χ0v) is 10.5. The minimum atomic E-state index is -0.977. The van der Waals surface area contributed by atoms with E-state index in [1.165, 1.54) is 4.90 Å². The van der Waals surface area contributed by atoms with Crippen molar-refractivity contribution in [2.75, 3.05) is 13.2 Å². The van der Waals surface area contributed by atoms with Gasteiger partial charge in [0.2, 0.25) is 0 Å². The molecule has 0 aromatic heterocycles. The quantitative estimate of drug-likeness (QED) is 0.789. The average molecular weight is 243 g/mol. The van der Waals surface area contributed by atoms with Crippen LogP contribution in [-0.4, -0.2) is 47.2 Å². The summed E-state index contributed by atoms with van der Waals surface area (Å²) in [5.41, 5.74) is 0. The molecule has 1 rings (SSSR count). The minimum absolute atomic E-state index is 0.0656. The maximum absolute atomic E-state index is 12.2. The predicted octanol–water partition coefficient (Wildman–Crippen LogP) is 1.27. The number of aliphatic carboxylic acids is 1. The van der Waals surface area contributed by atoms with Crippen molar-refractivity contribution >= 4 is 11.9 Å². The highest BCUT2D eigenvalue weighted by atomic mass is 16.5. The molecule has 0 aliphatic carbocycles. The normalized spacial score (nSPS) is 21.9. The van der Waals surface area contributed by atoms with E-state index in [9.17, 15) is 9.59 Å². The van der Waals surface area contributed by atoms with Gasteiger partial charge in [-0.1, -0.05) is 6.92 Å². The highest BCUT2D eigenvalue weighted by Crippen LogP contribution is 2.17. The van der Waals surface area contributed by atoms with Gasteiger partial charge in [0.05, 0.1) is 0 Å². The summed E-state index contributed by atoms with van der Waals surface area (Å²) in [5, 5.41) is 8.84. The molecule has 0 aromatic rings. The van der Waals surface area contributed by atoms with Crippen LogP contribution in [0.5, 0.6) is 0 Å². The Morgan fingerprint density at radius 1 is 1.47 bits per heavy atom. The first-order chi connectivity index (χ1) is 8.06. The molecule has 1 amide bonds. The monoisotopic (exact) mass is 243 g/mol. The fourth-order valence-electron chi connectivity index (χ4n) is 1.94. The molecule has 2 atom stereocenters.